The van der Waals surface area contributed by atoms with E-state index in [1.54, 1.807) is 25.1 Å². The third-order valence-corrected chi connectivity index (χ3v) is 3.32. The van der Waals surface area contributed by atoms with Crippen molar-refractivity contribution >= 4 is 11.6 Å². The molecule has 120 valence electrons. The first kappa shape index (κ1) is 18.0. The molecule has 0 saturated carbocycles. The standard InChI is InChI=1S/C17H24N2O3/c1-6-22-17(4,10-12(2)3)16(20)19-14-7-8-15(21-5)13(9-14)11-18/h7-9,12H,6,10H2,1-5H3,(H,19,20). The largest absolute Gasteiger partial charge is 0.495 e. The van der Waals surface area contributed by atoms with Gasteiger partial charge in [0.25, 0.3) is 5.91 Å². The van der Waals surface area contributed by atoms with E-state index in [9.17, 15) is 4.79 Å². The van der Waals surface area contributed by atoms with Gasteiger partial charge in [-0.3, -0.25) is 4.79 Å². The van der Waals surface area contributed by atoms with E-state index in [1.807, 2.05) is 26.8 Å². The van der Waals surface area contributed by atoms with Crippen LogP contribution in [0.1, 0.15) is 39.7 Å². The topological polar surface area (TPSA) is 71.3 Å². The van der Waals surface area contributed by atoms with E-state index < -0.39 is 5.60 Å². The number of carbonyl (C=O) groups excluding carboxylic acids is 1. The number of methoxy groups -OCH3 is 1. The summed E-state index contributed by atoms with van der Waals surface area (Å²) in [7, 11) is 1.50. The summed E-state index contributed by atoms with van der Waals surface area (Å²) in [5.41, 5.74) is 0.0367. The van der Waals surface area contributed by atoms with Crippen molar-refractivity contribution in [2.45, 2.75) is 39.7 Å². The summed E-state index contributed by atoms with van der Waals surface area (Å²) in [4.78, 5) is 12.6. The van der Waals surface area contributed by atoms with E-state index in [0.29, 0.717) is 35.9 Å². The van der Waals surface area contributed by atoms with Crippen LogP contribution in [0.4, 0.5) is 5.69 Å². The number of hydrogen-bond donors (Lipinski definition) is 1. The van der Waals surface area contributed by atoms with E-state index >= 15 is 0 Å². The fraction of sp³-hybridized carbons (Fsp3) is 0.529. The maximum Gasteiger partial charge on any atom is 0.256 e. The van der Waals surface area contributed by atoms with Gasteiger partial charge in [0.15, 0.2) is 0 Å². The highest BCUT2D eigenvalue weighted by Crippen LogP contribution is 2.26. The van der Waals surface area contributed by atoms with Crippen LogP contribution in [-0.2, 0) is 9.53 Å². The van der Waals surface area contributed by atoms with Gasteiger partial charge in [0, 0.05) is 12.3 Å². The first-order valence-corrected chi connectivity index (χ1v) is 7.39. The van der Waals surface area contributed by atoms with Crippen LogP contribution in [-0.4, -0.2) is 25.2 Å². The molecule has 1 rings (SSSR count). The highest BCUT2D eigenvalue weighted by atomic mass is 16.5. The normalized spacial score (nSPS) is 13.3. The van der Waals surface area contributed by atoms with Crippen molar-refractivity contribution in [3.63, 3.8) is 0 Å². The Hall–Kier alpha value is -2.06. The first-order chi connectivity index (χ1) is 10.4. The Balaban J connectivity index is 2.97. The number of hydrogen-bond acceptors (Lipinski definition) is 4. The summed E-state index contributed by atoms with van der Waals surface area (Å²) in [5, 5.41) is 11.9. The number of ether oxygens (including phenoxy) is 2. The Bertz CT molecular complexity index is 564. The van der Waals surface area contributed by atoms with Crippen molar-refractivity contribution in [3.05, 3.63) is 23.8 Å². The van der Waals surface area contributed by atoms with Crippen LogP contribution in [0.3, 0.4) is 0 Å². The lowest BCUT2D eigenvalue weighted by Gasteiger charge is -2.30. The van der Waals surface area contributed by atoms with Crippen LogP contribution in [0.2, 0.25) is 0 Å². The lowest BCUT2D eigenvalue weighted by Crippen LogP contribution is -2.44. The van der Waals surface area contributed by atoms with Crippen LogP contribution in [0.25, 0.3) is 0 Å². The predicted octanol–water partition coefficient (Wildman–Crippen LogP) is 3.35. The molecular weight excluding hydrogens is 280 g/mol. The maximum atomic E-state index is 12.6. The summed E-state index contributed by atoms with van der Waals surface area (Å²) >= 11 is 0. The highest BCUT2D eigenvalue weighted by Gasteiger charge is 2.34. The second kappa shape index (κ2) is 7.81. The molecule has 0 aromatic heterocycles. The average molecular weight is 304 g/mol. The molecule has 1 amide bonds. The molecule has 0 fully saturated rings. The van der Waals surface area contributed by atoms with Crippen LogP contribution >= 0.6 is 0 Å². The van der Waals surface area contributed by atoms with E-state index in [4.69, 9.17) is 14.7 Å². The second-order valence-electron chi connectivity index (χ2n) is 5.74. The minimum absolute atomic E-state index is 0.211. The maximum absolute atomic E-state index is 12.6. The van der Waals surface area contributed by atoms with Gasteiger partial charge in [0.2, 0.25) is 0 Å². The van der Waals surface area contributed by atoms with Gasteiger partial charge in [-0.1, -0.05) is 13.8 Å². The first-order valence-electron chi connectivity index (χ1n) is 7.39. The van der Waals surface area contributed by atoms with Gasteiger partial charge in [-0.25, -0.2) is 0 Å². The number of nitrogens with one attached hydrogen (secondary N) is 1. The summed E-state index contributed by atoms with van der Waals surface area (Å²) in [5.74, 6) is 0.597. The van der Waals surface area contributed by atoms with Crippen LogP contribution in [0.5, 0.6) is 5.75 Å². The molecule has 0 heterocycles. The molecule has 0 aliphatic carbocycles. The third kappa shape index (κ3) is 4.47. The number of anilines is 1. The van der Waals surface area contributed by atoms with Crippen LogP contribution in [0.15, 0.2) is 18.2 Å². The average Bonchev–Trinajstić information content (AvgIpc) is 2.46. The van der Waals surface area contributed by atoms with Gasteiger partial charge in [-0.05, 0) is 44.4 Å². The molecule has 22 heavy (non-hydrogen) atoms. The number of amides is 1. The number of nitrogens with zero attached hydrogens (tertiary/aromatic N) is 1. The molecule has 1 aromatic carbocycles. The lowest BCUT2D eigenvalue weighted by atomic mass is 9.93. The second-order valence-corrected chi connectivity index (χ2v) is 5.74. The molecule has 0 saturated heterocycles. The molecule has 1 unspecified atom stereocenters. The molecule has 0 spiro atoms. The number of nitriles is 1. The van der Waals surface area contributed by atoms with Crippen molar-refractivity contribution in [2.24, 2.45) is 5.92 Å². The monoisotopic (exact) mass is 304 g/mol. The summed E-state index contributed by atoms with van der Waals surface area (Å²) in [6.45, 7) is 8.22. The zero-order chi connectivity index (χ0) is 16.8. The molecular formula is C17H24N2O3. The quantitative estimate of drug-likeness (QED) is 0.838. The third-order valence-electron chi connectivity index (χ3n) is 3.32. The number of carbonyl (C=O) groups is 1. The van der Waals surface area contributed by atoms with E-state index in [2.05, 4.69) is 5.32 Å². The summed E-state index contributed by atoms with van der Waals surface area (Å²) in [6.07, 6.45) is 0.619. The minimum atomic E-state index is -0.893. The predicted molar refractivity (Wildman–Crippen MR) is 85.8 cm³/mol. The van der Waals surface area contributed by atoms with Gasteiger partial charge < -0.3 is 14.8 Å². The van der Waals surface area contributed by atoms with Crippen LogP contribution < -0.4 is 10.1 Å². The molecule has 1 N–H and O–H groups in total. The van der Waals surface area contributed by atoms with Gasteiger partial charge >= 0.3 is 0 Å². The Morgan fingerprint density at radius 1 is 1.45 bits per heavy atom. The van der Waals surface area contributed by atoms with E-state index in [-0.39, 0.29) is 5.91 Å². The van der Waals surface area contributed by atoms with Gasteiger partial charge in [-0.2, -0.15) is 5.26 Å². The molecule has 0 radical (unpaired) electrons. The Labute approximate surface area is 132 Å². The van der Waals surface area contributed by atoms with Crippen molar-refractivity contribution in [1.29, 1.82) is 5.26 Å². The smallest absolute Gasteiger partial charge is 0.256 e. The zero-order valence-electron chi connectivity index (χ0n) is 13.9. The van der Waals surface area contributed by atoms with Crippen molar-refractivity contribution in [1.82, 2.24) is 0 Å². The van der Waals surface area contributed by atoms with Gasteiger partial charge in [0.1, 0.15) is 17.4 Å². The zero-order valence-corrected chi connectivity index (χ0v) is 13.9. The van der Waals surface area contributed by atoms with Crippen molar-refractivity contribution < 1.29 is 14.3 Å². The van der Waals surface area contributed by atoms with Gasteiger partial charge in [0.05, 0.1) is 12.7 Å². The Morgan fingerprint density at radius 3 is 2.64 bits per heavy atom. The molecule has 0 aliphatic rings. The van der Waals surface area contributed by atoms with Gasteiger partial charge in [-0.15, -0.1) is 0 Å². The Morgan fingerprint density at radius 2 is 2.14 bits per heavy atom. The SMILES string of the molecule is CCOC(C)(CC(C)C)C(=O)Nc1ccc(OC)c(C#N)c1. The summed E-state index contributed by atoms with van der Waals surface area (Å²) < 4.78 is 10.8. The van der Waals surface area contributed by atoms with E-state index in [0.717, 1.165) is 0 Å². The molecule has 1 atom stereocenters. The molecule has 0 aliphatic heterocycles. The number of rotatable bonds is 7. The molecule has 1 aromatic rings. The van der Waals surface area contributed by atoms with Crippen molar-refractivity contribution in [2.75, 3.05) is 19.0 Å². The molecule has 0 bridgehead atoms. The lowest BCUT2D eigenvalue weighted by molar-refractivity contribution is -0.140. The minimum Gasteiger partial charge on any atom is -0.495 e. The highest BCUT2D eigenvalue weighted by molar-refractivity contribution is 5.97. The van der Waals surface area contributed by atoms with Crippen molar-refractivity contribution in [3.8, 4) is 11.8 Å². The summed E-state index contributed by atoms with van der Waals surface area (Å²) in [6, 6.07) is 7.01. The fourth-order valence-electron chi connectivity index (χ4n) is 2.45. The van der Waals surface area contributed by atoms with Crippen LogP contribution in [0, 0.1) is 17.2 Å². The van der Waals surface area contributed by atoms with E-state index in [1.165, 1.54) is 7.11 Å². The Kier molecular flexibility index (Phi) is 6.39. The number of benzene rings is 1. The molecule has 5 heteroatoms. The molecule has 5 nitrogen and oxygen atoms in total. The fourth-order valence-corrected chi connectivity index (χ4v) is 2.45.